The first kappa shape index (κ1) is 16.1. The molecule has 2 rings (SSSR count). The Labute approximate surface area is 125 Å². The molecule has 2 aliphatic rings. The van der Waals surface area contributed by atoms with Crippen molar-refractivity contribution in [3.63, 3.8) is 0 Å². The third kappa shape index (κ3) is 4.09. The highest BCUT2D eigenvalue weighted by Crippen LogP contribution is 2.36. The molecule has 0 atom stereocenters. The molecular formula is C15H26N2O4. The van der Waals surface area contributed by atoms with E-state index in [1.54, 1.807) is 0 Å². The maximum atomic E-state index is 11.7. The van der Waals surface area contributed by atoms with Gasteiger partial charge >= 0.3 is 12.1 Å². The Morgan fingerprint density at radius 1 is 0.952 bits per heavy atom. The summed E-state index contributed by atoms with van der Waals surface area (Å²) in [6.07, 6.45) is 5.28. The molecule has 0 spiro atoms. The zero-order valence-corrected chi connectivity index (χ0v) is 12.6. The summed E-state index contributed by atoms with van der Waals surface area (Å²) in [6.45, 7) is 3.91. The van der Waals surface area contributed by atoms with Gasteiger partial charge in [0.1, 0.15) is 0 Å². The number of aliphatic carboxylic acids is 1. The minimum atomic E-state index is -0.942. The number of hydrogen-bond acceptors (Lipinski definition) is 3. The largest absolute Gasteiger partial charge is 0.481 e. The van der Waals surface area contributed by atoms with Crippen molar-refractivity contribution in [2.45, 2.75) is 44.9 Å². The van der Waals surface area contributed by atoms with Crippen LogP contribution in [0.25, 0.3) is 0 Å². The van der Waals surface area contributed by atoms with E-state index in [1.807, 2.05) is 0 Å². The Kier molecular flexibility index (Phi) is 5.45. The van der Waals surface area contributed by atoms with Crippen molar-refractivity contribution in [1.29, 1.82) is 0 Å². The molecule has 2 fully saturated rings. The fourth-order valence-electron chi connectivity index (χ4n) is 3.52. The van der Waals surface area contributed by atoms with Crippen molar-refractivity contribution in [1.82, 2.24) is 9.80 Å². The molecule has 0 aromatic carbocycles. The summed E-state index contributed by atoms with van der Waals surface area (Å²) in [7, 11) is 0. The number of nitrogens with zero attached hydrogens (tertiary/aromatic N) is 2. The smallest absolute Gasteiger partial charge is 0.407 e. The van der Waals surface area contributed by atoms with Crippen molar-refractivity contribution >= 4 is 12.1 Å². The van der Waals surface area contributed by atoms with E-state index in [2.05, 4.69) is 4.90 Å². The van der Waals surface area contributed by atoms with Crippen LogP contribution in [-0.2, 0) is 4.79 Å². The number of carboxylic acid groups (broad SMARTS) is 2. The van der Waals surface area contributed by atoms with Gasteiger partial charge in [-0.2, -0.15) is 0 Å². The molecule has 0 bridgehead atoms. The zero-order chi connectivity index (χ0) is 15.3. The van der Waals surface area contributed by atoms with Gasteiger partial charge in [-0.25, -0.2) is 4.79 Å². The van der Waals surface area contributed by atoms with Gasteiger partial charge in [-0.15, -0.1) is 0 Å². The number of amides is 1. The van der Waals surface area contributed by atoms with E-state index in [0.29, 0.717) is 32.4 Å². The summed E-state index contributed by atoms with van der Waals surface area (Å²) in [5.41, 5.74) is -0.720. The van der Waals surface area contributed by atoms with Crippen molar-refractivity contribution in [2.24, 2.45) is 5.41 Å². The Morgan fingerprint density at radius 3 is 2.10 bits per heavy atom. The van der Waals surface area contributed by atoms with Crippen LogP contribution in [0.4, 0.5) is 4.79 Å². The molecule has 0 aliphatic carbocycles. The van der Waals surface area contributed by atoms with Gasteiger partial charge in [0.15, 0.2) is 0 Å². The molecule has 120 valence electrons. The molecule has 2 aliphatic heterocycles. The third-order valence-corrected chi connectivity index (χ3v) is 5.02. The minimum Gasteiger partial charge on any atom is -0.481 e. The first-order chi connectivity index (χ1) is 10.0. The van der Waals surface area contributed by atoms with Gasteiger partial charge in [0, 0.05) is 13.1 Å². The number of carbonyl (C=O) groups is 2. The highest BCUT2D eigenvalue weighted by atomic mass is 16.4. The first-order valence-electron chi connectivity index (χ1n) is 7.97. The number of hydrogen-bond donors (Lipinski definition) is 2. The lowest BCUT2D eigenvalue weighted by molar-refractivity contribution is -0.152. The fourth-order valence-corrected chi connectivity index (χ4v) is 3.52. The summed E-state index contributed by atoms with van der Waals surface area (Å²) in [4.78, 5) is 26.3. The van der Waals surface area contributed by atoms with Crippen LogP contribution in [0.5, 0.6) is 0 Å². The number of carboxylic acids is 1. The summed E-state index contributed by atoms with van der Waals surface area (Å²) >= 11 is 0. The van der Waals surface area contributed by atoms with Gasteiger partial charge in [0.05, 0.1) is 5.41 Å². The lowest BCUT2D eigenvalue weighted by Crippen LogP contribution is -2.46. The molecule has 0 radical (unpaired) electrons. The lowest BCUT2D eigenvalue weighted by Gasteiger charge is -2.38. The van der Waals surface area contributed by atoms with E-state index in [1.165, 1.54) is 24.2 Å². The monoisotopic (exact) mass is 298 g/mol. The van der Waals surface area contributed by atoms with E-state index < -0.39 is 17.5 Å². The molecule has 21 heavy (non-hydrogen) atoms. The minimum absolute atomic E-state index is 0.339. The zero-order valence-electron chi connectivity index (χ0n) is 12.6. The molecule has 2 N–H and O–H groups in total. The molecule has 2 heterocycles. The predicted octanol–water partition coefficient (Wildman–Crippen LogP) is 2.10. The van der Waals surface area contributed by atoms with Crippen molar-refractivity contribution in [3.8, 4) is 0 Å². The highest BCUT2D eigenvalue weighted by Gasteiger charge is 2.41. The second-order valence-corrected chi connectivity index (χ2v) is 6.36. The Hall–Kier alpha value is -1.30. The Bertz CT molecular complexity index is 372. The van der Waals surface area contributed by atoms with Gasteiger partial charge in [-0.05, 0) is 58.2 Å². The molecule has 6 nitrogen and oxygen atoms in total. The molecule has 0 saturated carbocycles. The van der Waals surface area contributed by atoms with Crippen LogP contribution in [0, 0.1) is 5.41 Å². The lowest BCUT2D eigenvalue weighted by atomic mass is 9.75. The number of piperidine rings is 2. The second kappa shape index (κ2) is 7.11. The summed E-state index contributed by atoms with van der Waals surface area (Å²) < 4.78 is 0. The summed E-state index contributed by atoms with van der Waals surface area (Å²) in [6, 6.07) is 0. The Balaban J connectivity index is 1.82. The summed E-state index contributed by atoms with van der Waals surface area (Å²) in [5, 5.41) is 18.5. The van der Waals surface area contributed by atoms with Crippen LogP contribution in [0.3, 0.4) is 0 Å². The highest BCUT2D eigenvalue weighted by molar-refractivity contribution is 5.75. The molecule has 0 aromatic heterocycles. The fraction of sp³-hybridized carbons (Fsp3) is 0.867. The van der Waals surface area contributed by atoms with Crippen LogP contribution in [0.2, 0.25) is 0 Å². The molecule has 0 unspecified atom stereocenters. The van der Waals surface area contributed by atoms with Gasteiger partial charge in [-0.3, -0.25) is 4.79 Å². The molecule has 1 amide bonds. The van der Waals surface area contributed by atoms with E-state index in [0.717, 1.165) is 26.1 Å². The third-order valence-electron chi connectivity index (χ3n) is 5.02. The predicted molar refractivity (Wildman–Crippen MR) is 78.4 cm³/mol. The van der Waals surface area contributed by atoms with Gasteiger partial charge < -0.3 is 20.0 Å². The quantitative estimate of drug-likeness (QED) is 0.812. The van der Waals surface area contributed by atoms with E-state index >= 15 is 0 Å². The SMILES string of the molecule is O=C(O)N1CCC(CCCN2CCCCC2)(C(=O)O)CC1. The van der Waals surface area contributed by atoms with Crippen molar-refractivity contribution in [2.75, 3.05) is 32.7 Å². The van der Waals surface area contributed by atoms with Crippen LogP contribution in [0.15, 0.2) is 0 Å². The average molecular weight is 298 g/mol. The van der Waals surface area contributed by atoms with Gasteiger partial charge in [0.25, 0.3) is 0 Å². The van der Waals surface area contributed by atoms with Gasteiger partial charge in [-0.1, -0.05) is 6.42 Å². The van der Waals surface area contributed by atoms with Crippen LogP contribution in [0.1, 0.15) is 44.9 Å². The van der Waals surface area contributed by atoms with Gasteiger partial charge in [0.2, 0.25) is 0 Å². The van der Waals surface area contributed by atoms with Crippen LogP contribution in [-0.4, -0.2) is 64.8 Å². The maximum Gasteiger partial charge on any atom is 0.407 e. The average Bonchev–Trinajstić information content (AvgIpc) is 2.48. The molecule has 0 aromatic rings. The van der Waals surface area contributed by atoms with Crippen LogP contribution < -0.4 is 0 Å². The Morgan fingerprint density at radius 2 is 1.57 bits per heavy atom. The van der Waals surface area contributed by atoms with Crippen molar-refractivity contribution in [3.05, 3.63) is 0 Å². The second-order valence-electron chi connectivity index (χ2n) is 6.36. The van der Waals surface area contributed by atoms with E-state index in [9.17, 15) is 14.7 Å². The number of likely N-dealkylation sites (tertiary alicyclic amines) is 2. The first-order valence-corrected chi connectivity index (χ1v) is 7.97. The van der Waals surface area contributed by atoms with Crippen molar-refractivity contribution < 1.29 is 19.8 Å². The van der Waals surface area contributed by atoms with E-state index in [4.69, 9.17) is 5.11 Å². The normalized spacial score (nSPS) is 23.0. The summed E-state index contributed by atoms with van der Waals surface area (Å²) in [5.74, 6) is -0.758. The molecular weight excluding hydrogens is 272 g/mol. The topological polar surface area (TPSA) is 81.1 Å². The van der Waals surface area contributed by atoms with E-state index in [-0.39, 0.29) is 0 Å². The standard InChI is InChI=1S/C15H26N2O4/c18-13(19)15(6-11-17(12-7-15)14(20)21)5-4-10-16-8-2-1-3-9-16/h1-12H2,(H,18,19)(H,20,21). The van der Waals surface area contributed by atoms with Crippen LogP contribution >= 0.6 is 0 Å². The molecule has 6 heteroatoms. The maximum absolute atomic E-state index is 11.7. The molecule has 2 saturated heterocycles. The number of rotatable bonds is 5.